The second-order valence-electron chi connectivity index (χ2n) is 4.26. The van der Waals surface area contributed by atoms with Gasteiger partial charge >= 0.3 is 0 Å². The third-order valence-electron chi connectivity index (χ3n) is 2.87. The van der Waals surface area contributed by atoms with Crippen LogP contribution in [0.3, 0.4) is 0 Å². The first-order valence-electron chi connectivity index (χ1n) is 6.30. The maximum Gasteiger partial charge on any atom is 0.213 e. The molecule has 100 valence electrons. The molecule has 1 aromatic heterocycles. The molecule has 0 aliphatic carbocycles. The molecule has 0 radical (unpaired) electrons. The van der Waals surface area contributed by atoms with Gasteiger partial charge in [0.1, 0.15) is 6.61 Å². The predicted octanol–water partition coefficient (Wildman–Crippen LogP) is 1.70. The topological polar surface area (TPSA) is 52.6 Å². The molecule has 0 aromatic carbocycles. The lowest BCUT2D eigenvalue weighted by atomic mass is 10.1. The molecule has 0 atom stereocenters. The van der Waals surface area contributed by atoms with E-state index >= 15 is 0 Å². The molecule has 0 saturated carbocycles. The van der Waals surface area contributed by atoms with Gasteiger partial charge in [0.05, 0.1) is 18.5 Å². The lowest BCUT2D eigenvalue weighted by molar-refractivity contribution is 0.0904. The molecule has 5 nitrogen and oxygen atoms in total. The van der Waals surface area contributed by atoms with Crippen LogP contribution in [0, 0.1) is 0 Å². The molecule has 1 aliphatic heterocycles. The minimum Gasteiger partial charge on any atom is -0.475 e. The van der Waals surface area contributed by atoms with Crippen LogP contribution < -0.4 is 10.1 Å². The van der Waals surface area contributed by atoms with Crippen LogP contribution in [0.15, 0.2) is 18.3 Å². The monoisotopic (exact) mass is 252 g/mol. The van der Waals surface area contributed by atoms with E-state index in [-0.39, 0.29) is 0 Å². The summed E-state index contributed by atoms with van der Waals surface area (Å²) >= 11 is 0. The van der Waals surface area contributed by atoms with E-state index in [4.69, 9.17) is 14.2 Å². The highest BCUT2D eigenvalue weighted by Crippen LogP contribution is 2.16. The maximum atomic E-state index is 5.41. The van der Waals surface area contributed by atoms with E-state index in [1.807, 2.05) is 12.1 Å². The van der Waals surface area contributed by atoms with E-state index in [0.29, 0.717) is 25.1 Å². The Labute approximate surface area is 107 Å². The quantitative estimate of drug-likeness (QED) is 0.781. The van der Waals surface area contributed by atoms with Gasteiger partial charge in [0.25, 0.3) is 0 Å². The summed E-state index contributed by atoms with van der Waals surface area (Å²) in [5, 5.41) is 3.45. The fourth-order valence-electron chi connectivity index (χ4n) is 1.86. The van der Waals surface area contributed by atoms with Crippen molar-refractivity contribution in [3.05, 3.63) is 18.3 Å². The van der Waals surface area contributed by atoms with Gasteiger partial charge in [-0.1, -0.05) is 0 Å². The molecule has 5 heteroatoms. The molecule has 1 aliphatic rings. The van der Waals surface area contributed by atoms with Crippen molar-refractivity contribution in [2.45, 2.75) is 18.9 Å². The average molecular weight is 252 g/mol. The number of methoxy groups -OCH3 is 1. The summed E-state index contributed by atoms with van der Waals surface area (Å²) in [5.74, 6) is 0.629. The van der Waals surface area contributed by atoms with Gasteiger partial charge < -0.3 is 19.5 Å². The van der Waals surface area contributed by atoms with Gasteiger partial charge in [-0.15, -0.1) is 0 Å². The van der Waals surface area contributed by atoms with Crippen molar-refractivity contribution in [1.29, 1.82) is 0 Å². The fraction of sp³-hybridized carbons (Fsp3) is 0.615. The third kappa shape index (κ3) is 4.16. The van der Waals surface area contributed by atoms with Crippen LogP contribution in [0.4, 0.5) is 5.69 Å². The number of aromatic nitrogens is 1. The van der Waals surface area contributed by atoms with E-state index in [1.54, 1.807) is 13.3 Å². The molecular formula is C13H20N2O3. The molecule has 2 rings (SSSR count). The Morgan fingerprint density at radius 1 is 1.33 bits per heavy atom. The van der Waals surface area contributed by atoms with E-state index in [1.165, 1.54) is 0 Å². The highest BCUT2D eigenvalue weighted by molar-refractivity contribution is 5.43. The Balaban J connectivity index is 1.79. The molecule has 1 saturated heterocycles. The van der Waals surface area contributed by atoms with Crippen LogP contribution in [0.1, 0.15) is 12.8 Å². The second-order valence-corrected chi connectivity index (χ2v) is 4.26. The Bertz CT molecular complexity index is 337. The zero-order valence-electron chi connectivity index (χ0n) is 10.7. The number of anilines is 1. The first kappa shape index (κ1) is 13.1. The number of nitrogens with one attached hydrogen (secondary N) is 1. The van der Waals surface area contributed by atoms with Crippen molar-refractivity contribution in [3.8, 4) is 5.88 Å². The summed E-state index contributed by atoms with van der Waals surface area (Å²) in [4.78, 5) is 4.24. The van der Waals surface area contributed by atoms with E-state index in [2.05, 4.69) is 10.3 Å². The molecule has 1 fully saturated rings. The van der Waals surface area contributed by atoms with E-state index < -0.39 is 0 Å². The van der Waals surface area contributed by atoms with Gasteiger partial charge in [0, 0.05) is 32.4 Å². The van der Waals surface area contributed by atoms with Gasteiger partial charge in [0.15, 0.2) is 0 Å². The average Bonchev–Trinajstić information content (AvgIpc) is 2.42. The summed E-state index contributed by atoms with van der Waals surface area (Å²) in [6.45, 7) is 2.77. The smallest absolute Gasteiger partial charge is 0.213 e. The molecule has 0 unspecified atom stereocenters. The zero-order valence-corrected chi connectivity index (χ0v) is 10.7. The first-order valence-corrected chi connectivity index (χ1v) is 6.30. The van der Waals surface area contributed by atoms with Gasteiger partial charge in [-0.3, -0.25) is 0 Å². The fourth-order valence-corrected chi connectivity index (χ4v) is 1.86. The van der Waals surface area contributed by atoms with Gasteiger partial charge in [-0.2, -0.15) is 0 Å². The number of hydrogen-bond acceptors (Lipinski definition) is 5. The lowest BCUT2D eigenvalue weighted by Gasteiger charge is -2.23. The normalized spacial score (nSPS) is 16.5. The number of ether oxygens (including phenoxy) is 3. The van der Waals surface area contributed by atoms with Crippen molar-refractivity contribution >= 4 is 5.69 Å². The molecule has 1 aromatic rings. The number of hydrogen-bond donors (Lipinski definition) is 1. The highest BCUT2D eigenvalue weighted by atomic mass is 16.5. The summed E-state index contributed by atoms with van der Waals surface area (Å²) in [6.07, 6.45) is 3.90. The molecule has 2 heterocycles. The highest BCUT2D eigenvalue weighted by Gasteiger charge is 2.13. The first-order chi connectivity index (χ1) is 8.88. The van der Waals surface area contributed by atoms with Crippen LogP contribution in [0.25, 0.3) is 0 Å². The number of rotatable bonds is 6. The van der Waals surface area contributed by atoms with Crippen LogP contribution in [0.5, 0.6) is 5.88 Å². The minimum atomic E-state index is 0.487. The SMILES string of the molecule is COCCOc1ccc(NC2CCOCC2)cn1. The molecule has 18 heavy (non-hydrogen) atoms. The summed E-state index contributed by atoms with van der Waals surface area (Å²) < 4.78 is 15.6. The Morgan fingerprint density at radius 3 is 2.83 bits per heavy atom. The molecule has 0 amide bonds. The predicted molar refractivity (Wildman–Crippen MR) is 69.1 cm³/mol. The molecule has 0 bridgehead atoms. The Morgan fingerprint density at radius 2 is 2.17 bits per heavy atom. The van der Waals surface area contributed by atoms with Gasteiger partial charge in [-0.05, 0) is 18.9 Å². The lowest BCUT2D eigenvalue weighted by Crippen LogP contribution is -2.27. The largest absolute Gasteiger partial charge is 0.475 e. The van der Waals surface area contributed by atoms with Crippen molar-refractivity contribution in [3.63, 3.8) is 0 Å². The van der Waals surface area contributed by atoms with Gasteiger partial charge in [0.2, 0.25) is 5.88 Å². The molecule has 0 spiro atoms. The van der Waals surface area contributed by atoms with Gasteiger partial charge in [-0.25, -0.2) is 4.98 Å². The summed E-state index contributed by atoms with van der Waals surface area (Å²) in [5.41, 5.74) is 1.03. The van der Waals surface area contributed by atoms with Crippen molar-refractivity contribution < 1.29 is 14.2 Å². The summed E-state index contributed by atoms with van der Waals surface area (Å²) in [7, 11) is 1.65. The second kappa shape index (κ2) is 7.18. The Hall–Kier alpha value is -1.33. The van der Waals surface area contributed by atoms with Crippen LogP contribution in [-0.4, -0.2) is 44.6 Å². The minimum absolute atomic E-state index is 0.487. The summed E-state index contributed by atoms with van der Waals surface area (Å²) in [6, 6.07) is 4.35. The van der Waals surface area contributed by atoms with Crippen molar-refractivity contribution in [2.24, 2.45) is 0 Å². The maximum absolute atomic E-state index is 5.41. The van der Waals surface area contributed by atoms with E-state index in [0.717, 1.165) is 31.7 Å². The number of nitrogens with zero attached hydrogens (tertiary/aromatic N) is 1. The molecule has 1 N–H and O–H groups in total. The van der Waals surface area contributed by atoms with Crippen LogP contribution in [0.2, 0.25) is 0 Å². The Kier molecular flexibility index (Phi) is 5.23. The standard InChI is InChI=1S/C13H20N2O3/c1-16-8-9-18-13-3-2-12(10-14-13)15-11-4-6-17-7-5-11/h2-3,10-11,15H,4-9H2,1H3. The van der Waals surface area contributed by atoms with Crippen molar-refractivity contribution in [2.75, 3.05) is 38.9 Å². The zero-order chi connectivity index (χ0) is 12.6. The third-order valence-corrected chi connectivity index (χ3v) is 2.87. The van der Waals surface area contributed by atoms with Crippen molar-refractivity contribution in [1.82, 2.24) is 4.98 Å². The van der Waals surface area contributed by atoms with Crippen LogP contribution >= 0.6 is 0 Å². The van der Waals surface area contributed by atoms with E-state index in [9.17, 15) is 0 Å². The molecular weight excluding hydrogens is 232 g/mol. The number of pyridine rings is 1. The van der Waals surface area contributed by atoms with Crippen LogP contribution in [-0.2, 0) is 9.47 Å².